The molecule has 3 heterocycles. The number of carbonyl (C=O) groups excluding carboxylic acids is 4. The summed E-state index contributed by atoms with van der Waals surface area (Å²) in [7, 11) is 0. The maximum Gasteiger partial charge on any atom is 0.468 e. The molecule has 15 rings (SSSR count). The largest absolute Gasteiger partial charge is 0.468 e. The van der Waals surface area contributed by atoms with Crippen molar-refractivity contribution in [3.8, 4) is 0 Å². The second kappa shape index (κ2) is 43.1. The van der Waals surface area contributed by atoms with Gasteiger partial charge in [-0.05, 0) is 111 Å². The molecule has 0 N–H and O–H groups in total. The topological polar surface area (TPSA) is 228 Å². The van der Waals surface area contributed by atoms with Crippen LogP contribution in [0, 0.1) is 0 Å². The number of esters is 4. The van der Waals surface area contributed by atoms with Crippen molar-refractivity contribution in [2.24, 2.45) is 4.99 Å². The fourth-order valence-corrected chi connectivity index (χ4v) is 14.7. The number of rotatable bonds is 35. The lowest BCUT2D eigenvalue weighted by molar-refractivity contribution is -0.386. The molecule has 3 aliphatic rings. The van der Waals surface area contributed by atoms with E-state index in [1.165, 1.54) is 60.7 Å². The minimum atomic E-state index is -5.37. The summed E-state index contributed by atoms with van der Waals surface area (Å²) in [5.74, 6) is -5.61. The number of aliphatic imine (C=N–C) groups is 1. The van der Waals surface area contributed by atoms with E-state index in [9.17, 15) is 4.79 Å². The van der Waals surface area contributed by atoms with E-state index in [4.69, 9.17) is 75.8 Å². The van der Waals surface area contributed by atoms with Crippen LogP contribution in [0.4, 0.5) is 18.9 Å². The second-order valence-electron chi connectivity index (χ2n) is 29.6. The molecular formula is C100H90F3NO20. The van der Waals surface area contributed by atoms with Crippen molar-refractivity contribution in [1.82, 2.24) is 0 Å². The highest BCUT2D eigenvalue weighted by molar-refractivity contribution is 5.91. The number of nitrogens with zero attached hydrogens (tertiary/aromatic N) is 1. The van der Waals surface area contributed by atoms with Gasteiger partial charge < -0.3 is 75.8 Å². The number of hydrogen-bond acceptors (Lipinski definition) is 21. The normalized spacial score (nSPS) is 22.7. The van der Waals surface area contributed by atoms with Gasteiger partial charge in [0.25, 0.3) is 5.90 Å². The second-order valence-corrected chi connectivity index (χ2v) is 29.6. The Morgan fingerprint density at radius 3 is 1.05 bits per heavy atom. The van der Waals surface area contributed by atoms with Gasteiger partial charge in [0, 0.05) is 0 Å². The molecule has 3 aliphatic heterocycles. The zero-order chi connectivity index (χ0) is 85.2. The number of ether oxygens (including phenoxy) is 16. The number of para-hydroxylation sites is 1. The van der Waals surface area contributed by atoms with Crippen molar-refractivity contribution >= 4 is 46.2 Å². The Balaban J connectivity index is 0.931. The van der Waals surface area contributed by atoms with Gasteiger partial charge >= 0.3 is 30.1 Å². The van der Waals surface area contributed by atoms with Crippen molar-refractivity contribution in [3.05, 3.63) is 401 Å². The van der Waals surface area contributed by atoms with E-state index in [2.05, 4.69) is 4.99 Å². The van der Waals surface area contributed by atoms with E-state index in [0.29, 0.717) is 22.3 Å². The fraction of sp³-hybridized carbons (Fsp3) is 0.250. The number of carbonyl (C=O) groups is 4. The number of alkyl halides is 3. The average Bonchev–Trinajstić information content (AvgIpc) is 0.670. The number of halogens is 3. The number of benzene rings is 12. The first-order valence-corrected chi connectivity index (χ1v) is 40.7. The smallest absolute Gasteiger partial charge is 0.459 e. The molecule has 12 aromatic rings. The van der Waals surface area contributed by atoms with E-state index in [0.717, 1.165) is 21.9 Å². The van der Waals surface area contributed by atoms with Gasteiger partial charge in [0.1, 0.15) is 61.5 Å². The summed E-state index contributed by atoms with van der Waals surface area (Å²) in [4.78, 5) is 65.0. The predicted octanol–water partition coefficient (Wildman–Crippen LogP) is 17.7. The SMILES string of the molecule is O=C(OCC1OC(OC2C(OC(=O)c3ccccc3)[C@H](O/C(=N/c3ccccc3)C(F)(F)F)OC(COCc3ccccc3)[C@@H]2OCc2ccccc2)C(OCc2ccccc2)C(O[C@@H]2OC(COCc3ccccc3)[C@H](OCc3ccccc3)C(OCc3ccc4ccccc4c3)C2OC(=O)c2ccccc2)C1OC(=O)c1ccccc1)c1ccccc1. The molecule has 15 atom stereocenters. The molecule has 0 aliphatic carbocycles. The van der Waals surface area contributed by atoms with Crippen molar-refractivity contribution in [1.29, 1.82) is 0 Å². The first-order valence-electron chi connectivity index (χ1n) is 40.7. The number of fused-ring (bicyclic) bond motifs is 1. The Bertz CT molecular complexity index is 5360. The molecule has 124 heavy (non-hydrogen) atoms. The zero-order valence-corrected chi connectivity index (χ0v) is 67.2. The van der Waals surface area contributed by atoms with Gasteiger partial charge in [0.15, 0.2) is 30.9 Å². The molecule has 12 aromatic carbocycles. The number of hydrogen-bond donors (Lipinski definition) is 0. The maximum atomic E-state index is 16.2. The van der Waals surface area contributed by atoms with Crippen LogP contribution in [-0.2, 0) is 115 Å². The van der Waals surface area contributed by atoms with E-state index in [1.807, 2.05) is 133 Å². The van der Waals surface area contributed by atoms with E-state index >= 15 is 27.6 Å². The summed E-state index contributed by atoms with van der Waals surface area (Å²) < 4.78 is 160. The maximum absolute atomic E-state index is 16.2. The Hall–Kier alpha value is -12.4. The molecule has 21 nitrogen and oxygen atoms in total. The Morgan fingerprint density at radius 1 is 0.282 bits per heavy atom. The molecule has 636 valence electrons. The summed E-state index contributed by atoms with van der Waals surface area (Å²) in [5, 5.41) is 1.86. The summed E-state index contributed by atoms with van der Waals surface area (Å²) >= 11 is 0. The van der Waals surface area contributed by atoms with Gasteiger partial charge in [-0.2, -0.15) is 13.2 Å². The predicted molar refractivity (Wildman–Crippen MR) is 450 cm³/mol. The van der Waals surface area contributed by atoms with E-state index in [1.54, 1.807) is 152 Å². The van der Waals surface area contributed by atoms with Gasteiger partial charge in [-0.3, -0.25) is 0 Å². The quantitative estimate of drug-likeness (QED) is 0.0156. The molecular weight excluding hydrogens is 1590 g/mol. The summed E-state index contributed by atoms with van der Waals surface area (Å²) in [5.41, 5.74) is 4.10. The summed E-state index contributed by atoms with van der Waals surface area (Å²) in [6.45, 7) is -2.28. The molecule has 11 unspecified atom stereocenters. The van der Waals surface area contributed by atoms with Crippen LogP contribution in [0.5, 0.6) is 0 Å². The highest BCUT2D eigenvalue weighted by atomic mass is 19.4. The molecule has 0 saturated carbocycles. The molecule has 0 amide bonds. The summed E-state index contributed by atoms with van der Waals surface area (Å²) in [6.07, 6.45) is -31.9. The van der Waals surface area contributed by atoms with Crippen molar-refractivity contribution in [3.63, 3.8) is 0 Å². The Morgan fingerprint density at radius 2 is 0.605 bits per heavy atom. The third-order valence-corrected chi connectivity index (χ3v) is 20.9. The monoisotopic (exact) mass is 1680 g/mol. The molecule has 3 saturated heterocycles. The minimum absolute atomic E-state index is 0.0328. The van der Waals surface area contributed by atoms with Crippen LogP contribution < -0.4 is 0 Å². The van der Waals surface area contributed by atoms with Crippen LogP contribution in [-0.4, -0.2) is 148 Å². The summed E-state index contributed by atoms with van der Waals surface area (Å²) in [6, 6.07) is 98.5. The first-order chi connectivity index (χ1) is 60.8. The van der Waals surface area contributed by atoms with Crippen molar-refractivity contribution in [2.45, 2.75) is 138 Å². The molecule has 0 radical (unpaired) electrons. The minimum Gasteiger partial charge on any atom is -0.459 e. The Kier molecular flexibility index (Phi) is 30.1. The van der Waals surface area contributed by atoms with E-state index < -0.39 is 141 Å². The van der Waals surface area contributed by atoms with Gasteiger partial charge in [0.2, 0.25) is 6.29 Å². The third-order valence-electron chi connectivity index (χ3n) is 20.9. The van der Waals surface area contributed by atoms with Gasteiger partial charge in [-0.25, -0.2) is 24.2 Å². The third kappa shape index (κ3) is 23.5. The lowest BCUT2D eigenvalue weighted by atomic mass is 9.94. The molecule has 3 fully saturated rings. The average molecular weight is 1680 g/mol. The lowest BCUT2D eigenvalue weighted by Crippen LogP contribution is -2.69. The van der Waals surface area contributed by atoms with Gasteiger partial charge in [0.05, 0.1) is 80.8 Å². The van der Waals surface area contributed by atoms with Crippen LogP contribution in [0.2, 0.25) is 0 Å². The van der Waals surface area contributed by atoms with Crippen LogP contribution in [0.15, 0.2) is 351 Å². The van der Waals surface area contributed by atoms with E-state index in [-0.39, 0.29) is 74.2 Å². The standard InChI is InChI=1S/C100H90F3NO20/c101-100(102,103)99(104-79-53-29-10-30-54-79)124-98-91(121-95(108)77-50-27-9-28-51-77)87(84(112-61-70-39-17-4-18-40-70)81(117-98)65-110-59-68-35-13-2-14-36-68)122-96-89(114-62-71-41-19-5-20-42-71)88(85(119-93(106)75-46-23-7-24-47-75)82(118-96)66-115-92(105)74-44-21-6-22-45-74)123-97-90(120-94(107)76-48-25-8-26-49-76)86(113-63-72-55-56-73-43-31-32-52-78(73)57-72)83(111-60-69-37-15-3-16-38-69)80(116-97)64-109-58-67-33-11-1-12-34-67/h1-57,80-91,96-98H,58-66H2/b104-99+/t80?,81?,82?,83-,84-,85?,86?,87?,88?,89?,90?,91?,96?,97-,98-/m0/s1. The highest BCUT2D eigenvalue weighted by Crippen LogP contribution is 2.41. The molecule has 24 heteroatoms. The molecule has 0 aromatic heterocycles. The van der Waals surface area contributed by atoms with Crippen LogP contribution in [0.1, 0.15) is 74.8 Å². The van der Waals surface area contributed by atoms with Gasteiger partial charge in [-0.1, -0.05) is 279 Å². The van der Waals surface area contributed by atoms with Crippen molar-refractivity contribution in [2.75, 3.05) is 19.8 Å². The van der Waals surface area contributed by atoms with Crippen molar-refractivity contribution < 1.29 is 108 Å². The fourth-order valence-electron chi connectivity index (χ4n) is 14.7. The Labute approximate surface area is 714 Å². The lowest BCUT2D eigenvalue weighted by Gasteiger charge is -2.51. The van der Waals surface area contributed by atoms with Gasteiger partial charge in [-0.15, -0.1) is 0 Å². The van der Waals surface area contributed by atoms with Crippen LogP contribution in [0.25, 0.3) is 10.8 Å². The van der Waals surface area contributed by atoms with Crippen LogP contribution in [0.3, 0.4) is 0 Å². The van der Waals surface area contributed by atoms with Crippen LogP contribution >= 0.6 is 0 Å². The molecule has 0 bridgehead atoms. The molecule has 0 spiro atoms. The zero-order valence-electron chi connectivity index (χ0n) is 67.2. The highest BCUT2D eigenvalue weighted by Gasteiger charge is 2.60. The first kappa shape index (κ1) is 86.5.